The maximum Gasteiger partial charge on any atom is 0.243 e. The molecule has 2 N–H and O–H groups in total. The van der Waals surface area contributed by atoms with Gasteiger partial charge in [-0.2, -0.15) is 4.31 Å². The lowest BCUT2D eigenvalue weighted by molar-refractivity contribution is 0.342. The van der Waals surface area contributed by atoms with E-state index < -0.39 is 15.8 Å². The van der Waals surface area contributed by atoms with Crippen LogP contribution in [0.2, 0.25) is 0 Å². The van der Waals surface area contributed by atoms with Crippen molar-refractivity contribution in [2.75, 3.05) is 19.4 Å². The zero-order chi connectivity index (χ0) is 15.5. The highest BCUT2D eigenvalue weighted by atomic mass is 32.2. The predicted octanol–water partition coefficient (Wildman–Crippen LogP) is 2.23. The summed E-state index contributed by atoms with van der Waals surface area (Å²) in [6, 6.07) is 1.99. The number of benzene rings is 1. The Hall–Kier alpha value is -1.34. The lowest BCUT2D eigenvalue weighted by atomic mass is 10.3. The van der Waals surface area contributed by atoms with Gasteiger partial charge in [-0.15, -0.1) is 0 Å². The number of anilines is 1. The lowest BCUT2D eigenvalue weighted by Gasteiger charge is -2.26. The molecule has 1 unspecified atom stereocenters. The zero-order valence-electron chi connectivity index (χ0n) is 12.2. The Labute approximate surface area is 119 Å². The van der Waals surface area contributed by atoms with Crippen molar-refractivity contribution in [3.8, 4) is 5.75 Å². The first-order chi connectivity index (χ1) is 9.29. The van der Waals surface area contributed by atoms with Crippen LogP contribution in [-0.4, -0.2) is 32.4 Å². The summed E-state index contributed by atoms with van der Waals surface area (Å²) < 4.78 is 45.0. The maximum atomic E-state index is 13.8. The van der Waals surface area contributed by atoms with E-state index in [0.717, 1.165) is 6.07 Å². The summed E-state index contributed by atoms with van der Waals surface area (Å²) in [6.07, 6.45) is 0.668. The van der Waals surface area contributed by atoms with Crippen LogP contribution < -0.4 is 10.5 Å². The normalized spacial score (nSPS) is 13.5. The molecular weight excluding hydrogens is 283 g/mol. The van der Waals surface area contributed by atoms with Crippen LogP contribution in [0.15, 0.2) is 17.0 Å². The summed E-state index contributed by atoms with van der Waals surface area (Å²) >= 11 is 0. The summed E-state index contributed by atoms with van der Waals surface area (Å²) in [6.45, 7) is 5.76. The van der Waals surface area contributed by atoms with Crippen molar-refractivity contribution >= 4 is 15.7 Å². The minimum absolute atomic E-state index is 0.0359. The van der Waals surface area contributed by atoms with Gasteiger partial charge in [-0.1, -0.05) is 13.8 Å². The number of nitrogens with two attached hydrogens (primary N) is 1. The summed E-state index contributed by atoms with van der Waals surface area (Å²) in [5.41, 5.74) is 5.60. The molecule has 1 atom stereocenters. The van der Waals surface area contributed by atoms with Crippen LogP contribution in [0.3, 0.4) is 0 Å². The summed E-state index contributed by atoms with van der Waals surface area (Å²) in [5, 5.41) is 0. The van der Waals surface area contributed by atoms with Crippen molar-refractivity contribution in [3.05, 3.63) is 17.9 Å². The Morgan fingerprint density at radius 2 is 2.00 bits per heavy atom. The number of nitrogens with zero attached hydrogens (tertiary/aromatic N) is 1. The SMILES string of the molecule is CCC(C)N(CC)S(=O)(=O)c1cc(N)c(OC)c(F)c1. The molecule has 7 heteroatoms. The van der Waals surface area contributed by atoms with E-state index in [9.17, 15) is 12.8 Å². The molecule has 0 saturated heterocycles. The third kappa shape index (κ3) is 3.04. The van der Waals surface area contributed by atoms with Crippen molar-refractivity contribution < 1.29 is 17.5 Å². The third-order valence-corrected chi connectivity index (χ3v) is 5.32. The van der Waals surface area contributed by atoms with Crippen LogP contribution in [0.4, 0.5) is 10.1 Å². The number of halogens is 1. The number of nitrogen functional groups attached to an aromatic ring is 1. The van der Waals surface area contributed by atoms with Gasteiger partial charge in [0.15, 0.2) is 11.6 Å². The molecule has 0 aliphatic heterocycles. The van der Waals surface area contributed by atoms with Crippen molar-refractivity contribution in [2.24, 2.45) is 0 Å². The van der Waals surface area contributed by atoms with E-state index in [0.29, 0.717) is 13.0 Å². The van der Waals surface area contributed by atoms with Gasteiger partial charge >= 0.3 is 0 Å². The predicted molar refractivity (Wildman–Crippen MR) is 76.7 cm³/mol. The van der Waals surface area contributed by atoms with Crippen LogP contribution in [0.5, 0.6) is 5.75 Å². The topological polar surface area (TPSA) is 72.6 Å². The molecule has 114 valence electrons. The second kappa shape index (κ2) is 6.41. The number of rotatable bonds is 6. The van der Waals surface area contributed by atoms with Crippen molar-refractivity contribution in [2.45, 2.75) is 38.1 Å². The molecule has 0 bridgehead atoms. The average molecular weight is 304 g/mol. The van der Waals surface area contributed by atoms with Crippen molar-refractivity contribution in [3.63, 3.8) is 0 Å². The molecule has 0 spiro atoms. The lowest BCUT2D eigenvalue weighted by Crippen LogP contribution is -2.38. The Balaban J connectivity index is 3.35. The molecule has 1 aromatic carbocycles. The van der Waals surface area contributed by atoms with Gasteiger partial charge in [0.05, 0.1) is 17.7 Å². The molecule has 0 aliphatic carbocycles. The van der Waals surface area contributed by atoms with E-state index in [-0.39, 0.29) is 22.4 Å². The Morgan fingerprint density at radius 3 is 2.40 bits per heavy atom. The van der Waals surface area contributed by atoms with Gasteiger partial charge < -0.3 is 10.5 Å². The molecule has 0 saturated carbocycles. The van der Waals surface area contributed by atoms with E-state index in [2.05, 4.69) is 0 Å². The molecule has 1 aromatic rings. The summed E-state index contributed by atoms with van der Waals surface area (Å²) in [7, 11) is -2.50. The number of ether oxygens (including phenoxy) is 1. The molecular formula is C13H21FN2O3S. The molecule has 0 aromatic heterocycles. The quantitative estimate of drug-likeness (QED) is 0.818. The fourth-order valence-electron chi connectivity index (χ4n) is 2.01. The molecule has 1 rings (SSSR count). The highest BCUT2D eigenvalue weighted by molar-refractivity contribution is 7.89. The highest BCUT2D eigenvalue weighted by Crippen LogP contribution is 2.30. The maximum absolute atomic E-state index is 13.8. The Morgan fingerprint density at radius 1 is 1.40 bits per heavy atom. The summed E-state index contributed by atoms with van der Waals surface area (Å²) in [5.74, 6) is -0.929. The van der Waals surface area contributed by atoms with E-state index in [1.165, 1.54) is 17.5 Å². The minimum atomic E-state index is -3.77. The molecule has 0 fully saturated rings. The number of sulfonamides is 1. The smallest absolute Gasteiger partial charge is 0.243 e. The van der Waals surface area contributed by atoms with Crippen LogP contribution in [-0.2, 0) is 10.0 Å². The fraction of sp³-hybridized carbons (Fsp3) is 0.538. The van der Waals surface area contributed by atoms with Crippen LogP contribution in [0.1, 0.15) is 27.2 Å². The Kier molecular flexibility index (Phi) is 5.35. The molecule has 0 amide bonds. The van der Waals surface area contributed by atoms with E-state index in [1.54, 1.807) is 6.92 Å². The molecule has 0 aliphatic rings. The van der Waals surface area contributed by atoms with Gasteiger partial charge in [-0.3, -0.25) is 0 Å². The second-order valence-corrected chi connectivity index (χ2v) is 6.38. The van der Waals surface area contributed by atoms with Gasteiger partial charge in [0.2, 0.25) is 10.0 Å². The first kappa shape index (κ1) is 16.7. The van der Waals surface area contributed by atoms with Crippen LogP contribution >= 0.6 is 0 Å². The van der Waals surface area contributed by atoms with Gasteiger partial charge in [0.1, 0.15) is 0 Å². The molecule has 5 nitrogen and oxygen atoms in total. The fourth-order valence-corrected chi connectivity index (χ4v) is 3.77. The summed E-state index contributed by atoms with van der Waals surface area (Å²) in [4.78, 5) is -0.157. The van der Waals surface area contributed by atoms with E-state index in [4.69, 9.17) is 10.5 Å². The largest absolute Gasteiger partial charge is 0.492 e. The number of methoxy groups -OCH3 is 1. The van der Waals surface area contributed by atoms with Crippen molar-refractivity contribution in [1.29, 1.82) is 0 Å². The monoisotopic (exact) mass is 304 g/mol. The zero-order valence-corrected chi connectivity index (χ0v) is 13.0. The number of hydrogen-bond acceptors (Lipinski definition) is 4. The average Bonchev–Trinajstić information content (AvgIpc) is 2.38. The third-order valence-electron chi connectivity index (χ3n) is 3.25. The number of hydrogen-bond donors (Lipinski definition) is 1. The standard InChI is InChI=1S/C13H21FN2O3S/c1-5-9(3)16(6-2)20(17,18)10-7-11(14)13(19-4)12(15)8-10/h7-9H,5-6,15H2,1-4H3. The van der Waals surface area contributed by atoms with Gasteiger partial charge in [-0.25, -0.2) is 12.8 Å². The Bertz CT molecular complexity index is 552. The van der Waals surface area contributed by atoms with Gasteiger partial charge in [0.25, 0.3) is 0 Å². The molecule has 20 heavy (non-hydrogen) atoms. The highest BCUT2D eigenvalue weighted by Gasteiger charge is 2.28. The van der Waals surface area contributed by atoms with Crippen LogP contribution in [0, 0.1) is 5.82 Å². The second-order valence-electron chi connectivity index (χ2n) is 4.49. The molecule has 0 radical (unpaired) electrons. The van der Waals surface area contributed by atoms with Crippen molar-refractivity contribution in [1.82, 2.24) is 4.31 Å². The molecule has 0 heterocycles. The van der Waals surface area contributed by atoms with E-state index in [1.807, 2.05) is 13.8 Å². The van der Waals surface area contributed by atoms with E-state index >= 15 is 0 Å². The first-order valence-electron chi connectivity index (χ1n) is 6.44. The van der Waals surface area contributed by atoms with Gasteiger partial charge in [0, 0.05) is 12.6 Å². The van der Waals surface area contributed by atoms with Crippen LogP contribution in [0.25, 0.3) is 0 Å². The van der Waals surface area contributed by atoms with Gasteiger partial charge in [-0.05, 0) is 25.5 Å². The minimum Gasteiger partial charge on any atom is -0.492 e. The first-order valence-corrected chi connectivity index (χ1v) is 7.88.